The molecule has 4 N–H and O–H groups in total. The molecule has 0 saturated carbocycles. The molecule has 0 saturated heterocycles. The zero-order valence-electron chi connectivity index (χ0n) is 26.3. The molecule has 10 nitrogen and oxygen atoms in total. The average molecular weight is 601 g/mol. The molecule has 246 valence electrons. The molecular formula is C32H60N2O8. The Balaban J connectivity index is 3.48. The molecule has 0 aliphatic rings. The van der Waals surface area contributed by atoms with Gasteiger partial charge in [-0.3, -0.25) is 19.2 Å². The van der Waals surface area contributed by atoms with E-state index in [0.29, 0.717) is 39.3 Å². The third-order valence-corrected chi connectivity index (χ3v) is 7.16. The van der Waals surface area contributed by atoms with E-state index < -0.39 is 18.0 Å². The fourth-order valence-corrected chi connectivity index (χ4v) is 4.70. The summed E-state index contributed by atoms with van der Waals surface area (Å²) in [5.41, 5.74) is 0. The summed E-state index contributed by atoms with van der Waals surface area (Å²) in [5, 5.41) is 23.9. The van der Waals surface area contributed by atoms with Crippen LogP contribution < -0.4 is 10.6 Å². The monoisotopic (exact) mass is 600 g/mol. The lowest BCUT2D eigenvalue weighted by Crippen LogP contribution is -2.38. The normalized spacial score (nSPS) is 11.8. The number of rotatable bonds is 33. The summed E-state index contributed by atoms with van der Waals surface area (Å²) in [5.74, 6) is -1.85. The molecule has 0 aromatic carbocycles. The Bertz CT molecular complexity index is 689. The highest BCUT2D eigenvalue weighted by molar-refractivity contribution is 5.78. The Morgan fingerprint density at radius 2 is 1.07 bits per heavy atom. The average Bonchev–Trinajstić information content (AvgIpc) is 2.94. The van der Waals surface area contributed by atoms with Gasteiger partial charge < -0.3 is 30.3 Å². The third-order valence-electron chi connectivity index (χ3n) is 7.16. The SMILES string of the molecule is CC(=O)COCCOCCNC(=O)CCC(NCCCCCCCCCCCCCCCCCCCC(=O)O)C(=O)O. The van der Waals surface area contributed by atoms with Crippen LogP contribution in [-0.4, -0.2) is 79.4 Å². The predicted octanol–water partition coefficient (Wildman–Crippen LogP) is 5.65. The number of hydrogen-bond acceptors (Lipinski definition) is 7. The van der Waals surface area contributed by atoms with Crippen LogP contribution in [0.5, 0.6) is 0 Å². The molecule has 0 radical (unpaired) electrons. The van der Waals surface area contributed by atoms with Gasteiger partial charge in [-0.25, -0.2) is 0 Å². The number of hydrogen-bond donors (Lipinski definition) is 4. The van der Waals surface area contributed by atoms with Gasteiger partial charge in [0.15, 0.2) is 5.78 Å². The van der Waals surface area contributed by atoms with Crippen molar-refractivity contribution >= 4 is 23.6 Å². The molecule has 0 rings (SSSR count). The molecule has 0 spiro atoms. The zero-order valence-corrected chi connectivity index (χ0v) is 26.3. The van der Waals surface area contributed by atoms with Crippen LogP contribution in [0.25, 0.3) is 0 Å². The van der Waals surface area contributed by atoms with Gasteiger partial charge in [-0.1, -0.05) is 96.3 Å². The maximum atomic E-state index is 12.0. The van der Waals surface area contributed by atoms with Gasteiger partial charge in [0.05, 0.1) is 19.8 Å². The van der Waals surface area contributed by atoms with Gasteiger partial charge >= 0.3 is 11.9 Å². The lowest BCUT2D eigenvalue weighted by molar-refractivity contribution is -0.140. The number of amides is 1. The fraction of sp³-hybridized carbons (Fsp3) is 0.875. The Labute approximate surface area is 254 Å². The largest absolute Gasteiger partial charge is 0.481 e. The molecule has 1 atom stereocenters. The highest BCUT2D eigenvalue weighted by Crippen LogP contribution is 2.14. The summed E-state index contributed by atoms with van der Waals surface area (Å²) in [6.45, 7) is 3.51. The Kier molecular flexibility index (Phi) is 28.9. The lowest BCUT2D eigenvalue weighted by Gasteiger charge is -2.14. The number of carboxylic acids is 2. The van der Waals surface area contributed by atoms with Crippen LogP contribution >= 0.6 is 0 Å². The fourth-order valence-electron chi connectivity index (χ4n) is 4.70. The number of nitrogens with one attached hydrogen (secondary N) is 2. The smallest absolute Gasteiger partial charge is 0.320 e. The van der Waals surface area contributed by atoms with Gasteiger partial charge in [0.1, 0.15) is 12.6 Å². The van der Waals surface area contributed by atoms with Crippen molar-refractivity contribution in [3.05, 3.63) is 0 Å². The van der Waals surface area contributed by atoms with Crippen molar-refractivity contribution < 1.29 is 38.9 Å². The van der Waals surface area contributed by atoms with Crippen molar-refractivity contribution in [3.8, 4) is 0 Å². The van der Waals surface area contributed by atoms with Crippen LogP contribution in [0.15, 0.2) is 0 Å². The second-order valence-corrected chi connectivity index (χ2v) is 11.3. The highest BCUT2D eigenvalue weighted by atomic mass is 16.5. The molecule has 0 aromatic heterocycles. The van der Waals surface area contributed by atoms with Crippen LogP contribution in [0.2, 0.25) is 0 Å². The second kappa shape index (κ2) is 30.4. The number of ketones is 1. The first-order chi connectivity index (χ1) is 20.3. The van der Waals surface area contributed by atoms with E-state index in [4.69, 9.17) is 14.6 Å². The Morgan fingerprint density at radius 3 is 1.55 bits per heavy atom. The molecule has 42 heavy (non-hydrogen) atoms. The number of carbonyl (C=O) groups excluding carboxylic acids is 2. The van der Waals surface area contributed by atoms with Gasteiger partial charge in [0, 0.05) is 19.4 Å². The van der Waals surface area contributed by atoms with Crippen LogP contribution in [0.1, 0.15) is 135 Å². The van der Waals surface area contributed by atoms with E-state index in [1.165, 1.54) is 84.0 Å². The van der Waals surface area contributed by atoms with Crippen LogP contribution in [0.4, 0.5) is 0 Å². The minimum atomic E-state index is -0.929. The first kappa shape index (κ1) is 40.0. The minimum Gasteiger partial charge on any atom is -0.481 e. The van der Waals surface area contributed by atoms with Crippen molar-refractivity contribution in [1.29, 1.82) is 0 Å². The first-order valence-corrected chi connectivity index (χ1v) is 16.4. The van der Waals surface area contributed by atoms with E-state index in [0.717, 1.165) is 32.1 Å². The molecule has 1 unspecified atom stereocenters. The highest BCUT2D eigenvalue weighted by Gasteiger charge is 2.17. The van der Waals surface area contributed by atoms with E-state index >= 15 is 0 Å². The molecule has 1 amide bonds. The maximum Gasteiger partial charge on any atom is 0.320 e. The molecule has 0 aromatic rings. The van der Waals surface area contributed by atoms with Gasteiger partial charge in [-0.2, -0.15) is 0 Å². The Morgan fingerprint density at radius 1 is 0.595 bits per heavy atom. The zero-order chi connectivity index (χ0) is 31.1. The minimum absolute atomic E-state index is 0.0383. The summed E-state index contributed by atoms with van der Waals surface area (Å²) in [6.07, 6.45) is 21.1. The van der Waals surface area contributed by atoms with E-state index in [2.05, 4.69) is 10.6 Å². The molecular weight excluding hydrogens is 540 g/mol. The number of carbonyl (C=O) groups is 4. The lowest BCUT2D eigenvalue weighted by atomic mass is 10.0. The summed E-state index contributed by atoms with van der Waals surface area (Å²) >= 11 is 0. The topological polar surface area (TPSA) is 151 Å². The Hall–Kier alpha value is -2.04. The number of ether oxygens (including phenoxy) is 2. The van der Waals surface area contributed by atoms with Gasteiger partial charge in [-0.05, 0) is 32.7 Å². The van der Waals surface area contributed by atoms with E-state index in [9.17, 15) is 24.3 Å². The first-order valence-electron chi connectivity index (χ1n) is 16.4. The molecule has 10 heteroatoms. The van der Waals surface area contributed by atoms with E-state index in [1.54, 1.807) is 0 Å². The van der Waals surface area contributed by atoms with Gasteiger partial charge in [-0.15, -0.1) is 0 Å². The number of aliphatic carboxylic acids is 2. The summed E-state index contributed by atoms with van der Waals surface area (Å²) < 4.78 is 10.4. The van der Waals surface area contributed by atoms with Crippen LogP contribution in [0, 0.1) is 0 Å². The van der Waals surface area contributed by atoms with Crippen molar-refractivity contribution in [1.82, 2.24) is 10.6 Å². The molecule has 0 aliphatic heterocycles. The molecule has 0 bridgehead atoms. The van der Waals surface area contributed by atoms with E-state index in [1.807, 2.05) is 0 Å². The molecule has 0 fully saturated rings. The quantitative estimate of drug-likeness (QED) is 0.0700. The standard InChI is InChI=1S/C32H60N2O8/c1-28(35)27-42-26-25-41-24-23-34-30(36)21-20-29(32(39)40)33-22-18-16-14-12-10-8-6-4-2-3-5-7-9-11-13-15-17-19-31(37)38/h29,33H,2-27H2,1H3,(H,34,36)(H,37,38)(H,39,40). The molecule has 0 heterocycles. The number of Topliss-reactive ketones (excluding diaryl/α,β-unsaturated/α-hetero) is 1. The van der Waals surface area contributed by atoms with Crippen LogP contribution in [0.3, 0.4) is 0 Å². The van der Waals surface area contributed by atoms with Crippen molar-refractivity contribution in [2.24, 2.45) is 0 Å². The van der Waals surface area contributed by atoms with Crippen LogP contribution in [-0.2, 0) is 28.7 Å². The molecule has 0 aliphatic carbocycles. The van der Waals surface area contributed by atoms with Gasteiger partial charge in [0.25, 0.3) is 0 Å². The summed E-state index contributed by atoms with van der Waals surface area (Å²) in [7, 11) is 0. The predicted molar refractivity (Wildman–Crippen MR) is 165 cm³/mol. The maximum absolute atomic E-state index is 12.0. The van der Waals surface area contributed by atoms with E-state index in [-0.39, 0.29) is 31.1 Å². The van der Waals surface area contributed by atoms with Crippen molar-refractivity contribution in [2.75, 3.05) is 39.5 Å². The number of carboxylic acid groups (broad SMARTS) is 2. The summed E-state index contributed by atoms with van der Waals surface area (Å²) in [4.78, 5) is 44.7. The van der Waals surface area contributed by atoms with Gasteiger partial charge in [0.2, 0.25) is 5.91 Å². The third kappa shape index (κ3) is 30.9. The summed E-state index contributed by atoms with van der Waals surface area (Å²) in [6, 6.07) is -0.721. The number of unbranched alkanes of at least 4 members (excludes halogenated alkanes) is 16. The van der Waals surface area contributed by atoms with Crippen molar-refractivity contribution in [2.45, 2.75) is 141 Å². The second-order valence-electron chi connectivity index (χ2n) is 11.3. The van der Waals surface area contributed by atoms with Crippen molar-refractivity contribution in [3.63, 3.8) is 0 Å².